The maximum Gasteiger partial charge on any atom is 0.490 e. The highest BCUT2D eigenvalue weighted by molar-refractivity contribution is 8.00. The summed E-state index contributed by atoms with van der Waals surface area (Å²) in [5.74, 6) is 0.663. The first-order valence-electron chi connectivity index (χ1n) is 14.0. The van der Waals surface area contributed by atoms with Gasteiger partial charge in [-0.05, 0) is 12.8 Å². The molecular weight excluding hydrogens is 715 g/mol. The molecule has 3 aliphatic rings. The van der Waals surface area contributed by atoms with Crippen LogP contribution in [-0.2, 0) is 36.4 Å². The fourth-order valence-electron chi connectivity index (χ4n) is 5.06. The SMILES string of the molecule is O=C(CCCC[C@@H]1SC[C@@H]2NC(=O)N[C@@H]21)NC/C=C/c1cn([C@H]2C[C@H](O)[C@@H](COP(=O)(O)OP(=O)(O)OP(=O)(O)O)O2)c(=O)[nH]c1=O. The number of carbonyl (C=O) groups excluding carboxylic acids is 2. The number of carbonyl (C=O) groups is 2. The van der Waals surface area contributed by atoms with E-state index in [1.54, 1.807) is 11.8 Å². The third-order valence-corrected chi connectivity index (χ3v) is 12.4. The third-order valence-electron chi connectivity index (χ3n) is 7.12. The van der Waals surface area contributed by atoms with Gasteiger partial charge >= 0.3 is 35.2 Å². The molecule has 2 unspecified atom stereocenters. The van der Waals surface area contributed by atoms with E-state index in [0.29, 0.717) is 18.1 Å². The van der Waals surface area contributed by atoms with E-state index in [2.05, 4.69) is 34.1 Å². The first-order chi connectivity index (χ1) is 21.9. The van der Waals surface area contributed by atoms with Crippen molar-refractivity contribution in [1.82, 2.24) is 25.5 Å². The molecule has 21 nitrogen and oxygen atoms in total. The molecule has 0 aliphatic carbocycles. The van der Waals surface area contributed by atoms with Crippen molar-refractivity contribution in [2.24, 2.45) is 0 Å². The molecule has 4 rings (SSSR count). The van der Waals surface area contributed by atoms with Crippen molar-refractivity contribution in [3.05, 3.63) is 38.7 Å². The summed E-state index contributed by atoms with van der Waals surface area (Å²) in [6, 6.07) is 0.101. The summed E-state index contributed by atoms with van der Waals surface area (Å²) >= 11 is 1.80. The topological polar surface area (TPSA) is 314 Å². The van der Waals surface area contributed by atoms with Crippen LogP contribution in [0.3, 0.4) is 0 Å². The second-order valence-electron chi connectivity index (χ2n) is 10.6. The zero-order valence-corrected chi connectivity index (χ0v) is 27.8. The Morgan fingerprint density at radius 3 is 2.57 bits per heavy atom. The van der Waals surface area contributed by atoms with Crippen LogP contribution in [0.15, 0.2) is 21.9 Å². The van der Waals surface area contributed by atoms with E-state index >= 15 is 0 Å². The number of aromatic nitrogens is 2. The standard InChI is InChI=1S/C22H34N5O16P3S/c28-14-8-18(41-15(14)10-40-45(36,37)43-46(38,39)42-44(33,34)35)27-9-12(20(30)26-22(27)32)4-3-7-23-17(29)6-2-1-5-16-19-13(11-47-16)24-21(31)25-19/h3-4,9,13-16,18-19,28H,1-2,5-8,10-11H2,(H,23,29)(H,36,37)(H,38,39)(H2,24,25,31)(H,26,30,32)(H2,33,34,35)/b4-3+/t13-,14-,15+,16-,18+,19-/m0/s1. The Balaban J connectivity index is 1.23. The number of aliphatic hydroxyl groups excluding tert-OH is 1. The third kappa shape index (κ3) is 11.2. The number of phosphoric ester groups is 1. The first-order valence-corrected chi connectivity index (χ1v) is 19.6. The number of aliphatic hydroxyl groups is 1. The molecule has 8 atom stereocenters. The minimum absolute atomic E-state index is 0.00508. The highest BCUT2D eigenvalue weighted by Crippen LogP contribution is 2.66. The molecule has 3 amide bonds. The van der Waals surface area contributed by atoms with E-state index in [1.807, 2.05) is 0 Å². The lowest BCUT2D eigenvalue weighted by Crippen LogP contribution is -2.36. The minimum Gasteiger partial charge on any atom is -0.390 e. The van der Waals surface area contributed by atoms with Crippen LogP contribution >= 0.6 is 35.2 Å². The van der Waals surface area contributed by atoms with E-state index in [9.17, 15) is 47.8 Å². The van der Waals surface area contributed by atoms with Crippen molar-refractivity contribution in [2.75, 3.05) is 18.9 Å². The number of phosphoric acid groups is 3. The molecule has 0 saturated carbocycles. The highest BCUT2D eigenvalue weighted by atomic mass is 32.2. The van der Waals surface area contributed by atoms with Crippen molar-refractivity contribution < 1.29 is 65.8 Å². The molecule has 0 aromatic carbocycles. The van der Waals surface area contributed by atoms with Gasteiger partial charge in [-0.1, -0.05) is 18.6 Å². The number of hydrogen-bond acceptors (Lipinski definition) is 13. The van der Waals surface area contributed by atoms with E-state index in [0.717, 1.165) is 29.4 Å². The van der Waals surface area contributed by atoms with E-state index in [4.69, 9.17) is 14.5 Å². The van der Waals surface area contributed by atoms with Crippen molar-refractivity contribution in [3.63, 3.8) is 0 Å². The van der Waals surface area contributed by atoms with Gasteiger partial charge in [0.15, 0.2) is 0 Å². The van der Waals surface area contributed by atoms with Gasteiger partial charge in [0.25, 0.3) is 5.56 Å². The molecule has 3 aliphatic heterocycles. The Kier molecular flexibility index (Phi) is 12.5. The average Bonchev–Trinajstić information content (AvgIpc) is 3.60. The Morgan fingerprint density at radius 1 is 1.11 bits per heavy atom. The molecule has 0 bridgehead atoms. The number of unbranched alkanes of at least 4 members (excludes halogenated alkanes) is 1. The number of ether oxygens (including phenoxy) is 1. The molecular formula is C22H34N5O16P3S. The van der Waals surface area contributed by atoms with Gasteiger partial charge in [-0.15, -0.1) is 0 Å². The highest BCUT2D eigenvalue weighted by Gasteiger charge is 2.44. The van der Waals surface area contributed by atoms with Crippen LogP contribution in [0.1, 0.15) is 43.9 Å². The number of fused-ring (bicyclic) bond motifs is 1. The summed E-state index contributed by atoms with van der Waals surface area (Å²) in [6.07, 6.45) is 2.34. The normalized spacial score (nSPS) is 28.4. The number of hydrogen-bond donors (Lipinski definition) is 9. The maximum absolute atomic E-state index is 12.4. The molecule has 0 spiro atoms. The van der Waals surface area contributed by atoms with Gasteiger partial charge in [0.2, 0.25) is 5.91 Å². The number of rotatable bonds is 16. The lowest BCUT2D eigenvalue weighted by molar-refractivity contribution is -0.121. The minimum atomic E-state index is -5.75. The Bertz CT molecular complexity index is 1610. The fraction of sp³-hybridized carbons (Fsp3) is 0.636. The molecule has 1 aromatic rings. The summed E-state index contributed by atoms with van der Waals surface area (Å²) in [6.45, 7) is -0.860. The second-order valence-corrected chi connectivity index (χ2v) is 16.3. The lowest BCUT2D eigenvalue weighted by atomic mass is 10.0. The largest absolute Gasteiger partial charge is 0.490 e. The smallest absolute Gasteiger partial charge is 0.390 e. The summed E-state index contributed by atoms with van der Waals surface area (Å²) in [4.78, 5) is 86.6. The van der Waals surface area contributed by atoms with Crippen LogP contribution in [0.2, 0.25) is 0 Å². The van der Waals surface area contributed by atoms with Gasteiger partial charge < -0.3 is 45.4 Å². The quantitative estimate of drug-likeness (QED) is 0.0578. The van der Waals surface area contributed by atoms with Gasteiger partial charge in [-0.2, -0.15) is 20.4 Å². The predicted molar refractivity (Wildman–Crippen MR) is 162 cm³/mol. The zero-order chi connectivity index (χ0) is 34.6. The van der Waals surface area contributed by atoms with E-state index in [-0.39, 0.29) is 42.6 Å². The molecule has 1 aromatic heterocycles. The van der Waals surface area contributed by atoms with Crippen LogP contribution in [0.25, 0.3) is 6.08 Å². The number of H-pyrrole nitrogens is 1. The monoisotopic (exact) mass is 749 g/mol. The Morgan fingerprint density at radius 2 is 1.85 bits per heavy atom. The van der Waals surface area contributed by atoms with Crippen LogP contribution in [0.5, 0.6) is 0 Å². The Labute approximate surface area is 269 Å². The number of nitrogens with zero attached hydrogens (tertiary/aromatic N) is 1. The summed E-state index contributed by atoms with van der Waals surface area (Å²) in [5.41, 5.74) is -1.67. The number of amides is 3. The number of nitrogens with one attached hydrogen (secondary N) is 4. The molecule has 264 valence electrons. The number of thioether (sulfide) groups is 1. The van der Waals surface area contributed by atoms with E-state index < -0.39 is 59.8 Å². The summed E-state index contributed by atoms with van der Waals surface area (Å²) in [5, 5.41) is 19.1. The van der Waals surface area contributed by atoms with Crippen LogP contribution in [-0.4, -0.2) is 94.6 Å². The molecule has 3 fully saturated rings. The average molecular weight is 750 g/mol. The van der Waals surface area contributed by atoms with Crippen molar-refractivity contribution in [1.29, 1.82) is 0 Å². The predicted octanol–water partition coefficient (Wildman–Crippen LogP) is -0.616. The fourth-order valence-corrected chi connectivity index (χ4v) is 9.63. The molecule has 9 N–H and O–H groups in total. The second kappa shape index (κ2) is 15.6. The van der Waals surface area contributed by atoms with Gasteiger partial charge in [0, 0.05) is 36.6 Å². The van der Waals surface area contributed by atoms with Crippen LogP contribution < -0.4 is 27.2 Å². The number of urea groups is 1. The van der Waals surface area contributed by atoms with Crippen molar-refractivity contribution >= 4 is 53.2 Å². The zero-order valence-electron chi connectivity index (χ0n) is 24.3. The van der Waals surface area contributed by atoms with Crippen molar-refractivity contribution in [2.45, 2.75) is 67.9 Å². The molecule has 3 saturated heterocycles. The van der Waals surface area contributed by atoms with Gasteiger partial charge in [0.05, 0.1) is 30.4 Å². The molecule has 25 heteroatoms. The first kappa shape index (κ1) is 37.7. The number of aromatic amines is 1. The van der Waals surface area contributed by atoms with Crippen molar-refractivity contribution in [3.8, 4) is 0 Å². The van der Waals surface area contributed by atoms with Gasteiger partial charge in [0.1, 0.15) is 12.3 Å². The molecule has 4 heterocycles. The van der Waals surface area contributed by atoms with Crippen LogP contribution in [0.4, 0.5) is 4.79 Å². The molecule has 47 heavy (non-hydrogen) atoms. The van der Waals surface area contributed by atoms with Gasteiger partial charge in [-0.3, -0.25) is 23.7 Å². The Hall–Kier alpha value is -2.16. The molecule has 0 radical (unpaired) electrons. The summed E-state index contributed by atoms with van der Waals surface area (Å²) < 4.78 is 52.3. The van der Waals surface area contributed by atoms with E-state index in [1.165, 1.54) is 12.2 Å². The summed E-state index contributed by atoms with van der Waals surface area (Å²) in [7, 11) is -16.8. The van der Waals surface area contributed by atoms with Gasteiger partial charge in [-0.25, -0.2) is 23.3 Å². The maximum atomic E-state index is 12.4. The lowest BCUT2D eigenvalue weighted by Gasteiger charge is -2.19. The van der Waals surface area contributed by atoms with Crippen LogP contribution in [0, 0.1) is 0 Å².